The van der Waals surface area contributed by atoms with Gasteiger partial charge < -0.3 is 10.6 Å². The third kappa shape index (κ3) is 2.89. The van der Waals surface area contributed by atoms with E-state index in [4.69, 9.17) is 12.2 Å². The summed E-state index contributed by atoms with van der Waals surface area (Å²) in [6, 6.07) is 4.35. The highest BCUT2D eigenvalue weighted by Crippen LogP contribution is 2.49. The Bertz CT molecular complexity index is 448. The van der Waals surface area contributed by atoms with E-state index in [0.29, 0.717) is 11.2 Å². The number of hydrogen-bond donors (Lipinski definition) is 2. The third-order valence-corrected chi connectivity index (χ3v) is 4.93. The van der Waals surface area contributed by atoms with Crippen LogP contribution in [0.1, 0.15) is 32.6 Å². The molecule has 0 spiro atoms. The van der Waals surface area contributed by atoms with Gasteiger partial charge in [0.1, 0.15) is 0 Å². The maximum atomic E-state index is 5.38. The van der Waals surface area contributed by atoms with Gasteiger partial charge in [-0.2, -0.15) is 0 Å². The molecule has 3 rings (SSSR count). The van der Waals surface area contributed by atoms with Crippen LogP contribution in [-0.2, 0) is 0 Å². The van der Waals surface area contributed by atoms with Gasteiger partial charge in [-0.15, -0.1) is 0 Å². The molecule has 4 heteroatoms. The number of pyridine rings is 1. The summed E-state index contributed by atoms with van der Waals surface area (Å²) in [5.74, 6) is 2.71. The minimum Gasteiger partial charge on any atom is -0.360 e. The zero-order chi connectivity index (χ0) is 13.2. The Hall–Kier alpha value is -1.16. The predicted molar refractivity (Wildman–Crippen MR) is 82.0 cm³/mol. The lowest BCUT2D eigenvalue weighted by molar-refractivity contribution is 0.279. The molecular weight excluding hydrogens is 254 g/mol. The molecule has 3 nitrogen and oxygen atoms in total. The SMILES string of the molecule is C[C@@H](NC(=S)Nc1cccnc1)[C@H]1C[C@H]2CC[C@H]1C2. The molecular formula is C15H21N3S. The van der Waals surface area contributed by atoms with Crippen LogP contribution >= 0.6 is 12.2 Å². The van der Waals surface area contributed by atoms with Crippen molar-refractivity contribution in [3.8, 4) is 0 Å². The zero-order valence-electron chi connectivity index (χ0n) is 11.3. The summed E-state index contributed by atoms with van der Waals surface area (Å²) in [5, 5.41) is 7.36. The number of thiocarbonyl (C=S) groups is 1. The topological polar surface area (TPSA) is 37.0 Å². The molecule has 19 heavy (non-hydrogen) atoms. The molecule has 2 N–H and O–H groups in total. The number of rotatable bonds is 3. The molecule has 0 aromatic carbocycles. The van der Waals surface area contributed by atoms with Crippen LogP contribution in [0.2, 0.25) is 0 Å². The first-order chi connectivity index (χ1) is 9.22. The minimum absolute atomic E-state index is 0.465. The fourth-order valence-corrected chi connectivity index (χ4v) is 4.13. The fourth-order valence-electron chi connectivity index (χ4n) is 3.82. The molecule has 0 saturated heterocycles. The summed E-state index contributed by atoms with van der Waals surface area (Å²) in [6.45, 7) is 2.27. The van der Waals surface area contributed by atoms with Gasteiger partial charge in [-0.25, -0.2) is 0 Å². The van der Waals surface area contributed by atoms with E-state index in [1.54, 1.807) is 12.4 Å². The van der Waals surface area contributed by atoms with Crippen LogP contribution in [0, 0.1) is 17.8 Å². The van der Waals surface area contributed by atoms with Crippen LogP contribution in [0.5, 0.6) is 0 Å². The Morgan fingerprint density at radius 1 is 1.42 bits per heavy atom. The summed E-state index contributed by atoms with van der Waals surface area (Å²) < 4.78 is 0. The van der Waals surface area contributed by atoms with E-state index in [-0.39, 0.29) is 0 Å². The first kappa shape index (κ1) is 12.9. The van der Waals surface area contributed by atoms with Crippen molar-refractivity contribution < 1.29 is 0 Å². The molecule has 2 saturated carbocycles. The van der Waals surface area contributed by atoms with Gasteiger partial charge >= 0.3 is 0 Å². The molecule has 0 radical (unpaired) electrons. The van der Waals surface area contributed by atoms with Gasteiger partial charge in [0.05, 0.1) is 11.9 Å². The highest BCUT2D eigenvalue weighted by atomic mass is 32.1. The van der Waals surface area contributed by atoms with E-state index in [0.717, 1.165) is 23.4 Å². The van der Waals surface area contributed by atoms with E-state index in [2.05, 4.69) is 22.5 Å². The number of aromatic nitrogens is 1. The van der Waals surface area contributed by atoms with Crippen molar-refractivity contribution in [2.24, 2.45) is 17.8 Å². The highest BCUT2D eigenvalue weighted by Gasteiger charge is 2.41. The van der Waals surface area contributed by atoms with E-state index in [1.165, 1.54) is 25.7 Å². The molecule has 2 fully saturated rings. The van der Waals surface area contributed by atoms with Gasteiger partial charge in [0, 0.05) is 12.2 Å². The van der Waals surface area contributed by atoms with Gasteiger partial charge in [0.2, 0.25) is 0 Å². The minimum atomic E-state index is 0.465. The number of nitrogens with zero attached hydrogens (tertiary/aromatic N) is 1. The second kappa shape index (κ2) is 5.45. The first-order valence-corrected chi connectivity index (χ1v) is 7.60. The zero-order valence-corrected chi connectivity index (χ0v) is 12.1. The molecule has 2 aliphatic rings. The molecule has 4 atom stereocenters. The predicted octanol–water partition coefficient (Wildman–Crippen LogP) is 3.19. The van der Waals surface area contributed by atoms with Crippen LogP contribution in [0.15, 0.2) is 24.5 Å². The summed E-state index contributed by atoms with van der Waals surface area (Å²) >= 11 is 5.38. The van der Waals surface area contributed by atoms with Gasteiger partial charge in [-0.05, 0) is 68.3 Å². The number of hydrogen-bond acceptors (Lipinski definition) is 2. The van der Waals surface area contributed by atoms with Crippen molar-refractivity contribution in [2.45, 2.75) is 38.6 Å². The van der Waals surface area contributed by atoms with Crippen LogP contribution in [0.3, 0.4) is 0 Å². The van der Waals surface area contributed by atoms with Crippen molar-refractivity contribution in [1.82, 2.24) is 10.3 Å². The van der Waals surface area contributed by atoms with Gasteiger partial charge in [0.25, 0.3) is 0 Å². The summed E-state index contributed by atoms with van der Waals surface area (Å²) in [5.41, 5.74) is 0.945. The molecule has 2 bridgehead atoms. The average Bonchev–Trinajstić information content (AvgIpc) is 3.02. The average molecular weight is 275 g/mol. The Labute approximate surface area is 120 Å². The van der Waals surface area contributed by atoms with Crippen molar-refractivity contribution in [3.05, 3.63) is 24.5 Å². The Kier molecular flexibility index (Phi) is 3.69. The molecule has 0 amide bonds. The monoisotopic (exact) mass is 275 g/mol. The fraction of sp³-hybridized carbons (Fsp3) is 0.600. The maximum Gasteiger partial charge on any atom is 0.171 e. The Morgan fingerprint density at radius 3 is 2.95 bits per heavy atom. The lowest BCUT2D eigenvalue weighted by Gasteiger charge is -2.29. The van der Waals surface area contributed by atoms with E-state index in [9.17, 15) is 0 Å². The van der Waals surface area contributed by atoms with Gasteiger partial charge in [-0.1, -0.05) is 6.42 Å². The van der Waals surface area contributed by atoms with E-state index in [1.807, 2.05) is 12.1 Å². The second-order valence-corrected chi connectivity index (χ2v) is 6.38. The normalized spacial score (nSPS) is 30.1. The molecule has 2 aliphatic carbocycles. The van der Waals surface area contributed by atoms with Crippen LogP contribution in [-0.4, -0.2) is 16.1 Å². The quantitative estimate of drug-likeness (QED) is 0.831. The van der Waals surface area contributed by atoms with E-state index >= 15 is 0 Å². The lowest BCUT2D eigenvalue weighted by atomic mass is 9.84. The van der Waals surface area contributed by atoms with Gasteiger partial charge in [-0.3, -0.25) is 4.98 Å². The van der Waals surface area contributed by atoms with Crippen LogP contribution in [0.25, 0.3) is 0 Å². The summed E-state index contributed by atoms with van der Waals surface area (Å²) in [4.78, 5) is 4.08. The van der Waals surface area contributed by atoms with Gasteiger partial charge in [0.15, 0.2) is 5.11 Å². The Balaban J connectivity index is 1.52. The van der Waals surface area contributed by atoms with Crippen molar-refractivity contribution in [1.29, 1.82) is 0 Å². The second-order valence-electron chi connectivity index (χ2n) is 5.97. The van der Waals surface area contributed by atoms with Crippen molar-refractivity contribution >= 4 is 23.0 Å². The third-order valence-electron chi connectivity index (χ3n) is 4.71. The number of anilines is 1. The number of fused-ring (bicyclic) bond motifs is 2. The highest BCUT2D eigenvalue weighted by molar-refractivity contribution is 7.80. The molecule has 1 heterocycles. The Morgan fingerprint density at radius 2 is 2.32 bits per heavy atom. The number of nitrogens with one attached hydrogen (secondary N) is 2. The van der Waals surface area contributed by atoms with Crippen LogP contribution in [0.4, 0.5) is 5.69 Å². The molecule has 1 aromatic rings. The van der Waals surface area contributed by atoms with E-state index < -0.39 is 0 Å². The summed E-state index contributed by atoms with van der Waals surface area (Å²) in [6.07, 6.45) is 9.25. The first-order valence-electron chi connectivity index (χ1n) is 7.20. The maximum absolute atomic E-state index is 5.38. The largest absolute Gasteiger partial charge is 0.360 e. The molecule has 102 valence electrons. The van der Waals surface area contributed by atoms with Crippen molar-refractivity contribution in [3.63, 3.8) is 0 Å². The molecule has 1 aromatic heterocycles. The van der Waals surface area contributed by atoms with Crippen molar-refractivity contribution in [2.75, 3.05) is 5.32 Å². The molecule has 0 aliphatic heterocycles. The summed E-state index contributed by atoms with van der Waals surface area (Å²) in [7, 11) is 0. The smallest absolute Gasteiger partial charge is 0.171 e. The standard InChI is InChI=1S/C15H21N3S/c1-10(14-8-11-4-5-12(14)7-11)17-15(19)18-13-3-2-6-16-9-13/h2-3,6,9-12,14H,4-5,7-8H2,1H3,(H2,17,18,19)/t10-,11+,12+,14-/m1/s1. The molecule has 0 unspecified atom stereocenters. The lowest BCUT2D eigenvalue weighted by Crippen LogP contribution is -2.42. The van der Waals surface area contributed by atoms with Crippen LogP contribution < -0.4 is 10.6 Å².